The van der Waals surface area contributed by atoms with Crippen molar-refractivity contribution in [2.45, 2.75) is 76.5 Å². The number of fused-ring (bicyclic) bond motifs is 6. The van der Waals surface area contributed by atoms with E-state index in [1.807, 2.05) is 58.3 Å². The zero-order chi connectivity index (χ0) is 24.4. The highest BCUT2D eigenvalue weighted by Gasteiger charge is 2.56. The average molecular weight is 463 g/mol. The Balaban J connectivity index is 0.000000142. The average Bonchev–Trinajstić information content (AvgIpc) is 2.75. The number of nitrogens with zero attached hydrogens (tertiary/aromatic N) is 2. The minimum Gasteiger partial charge on any atom is -0.491 e. The quantitative estimate of drug-likeness (QED) is 0.547. The maximum atomic E-state index is 12.3. The summed E-state index contributed by atoms with van der Waals surface area (Å²) in [5.74, 6) is 2.24. The van der Waals surface area contributed by atoms with E-state index in [9.17, 15) is 9.59 Å². The maximum absolute atomic E-state index is 12.3. The first kappa shape index (κ1) is 22.8. The summed E-state index contributed by atoms with van der Waals surface area (Å²) >= 11 is 0. The van der Waals surface area contributed by atoms with Crippen LogP contribution in [0.25, 0.3) is 0 Å². The van der Waals surface area contributed by atoms with Gasteiger partial charge in [-0.3, -0.25) is 9.59 Å². The first-order valence-electron chi connectivity index (χ1n) is 12.1. The fourth-order valence-corrected chi connectivity index (χ4v) is 5.86. The number of hydrogen-bond donors (Lipinski definition) is 0. The Labute approximate surface area is 201 Å². The van der Waals surface area contributed by atoms with Crippen molar-refractivity contribution in [3.63, 3.8) is 0 Å². The van der Waals surface area contributed by atoms with Crippen molar-refractivity contribution in [1.29, 1.82) is 0 Å². The predicted octanol–water partition coefficient (Wildman–Crippen LogP) is 4.34. The Kier molecular flexibility index (Phi) is 5.19. The van der Waals surface area contributed by atoms with Gasteiger partial charge in [0, 0.05) is 22.2 Å². The van der Waals surface area contributed by atoms with Gasteiger partial charge in [0.2, 0.25) is 11.8 Å². The van der Waals surface area contributed by atoms with Crippen molar-refractivity contribution in [2.24, 2.45) is 0 Å². The first-order chi connectivity index (χ1) is 16.0. The molecule has 6 nitrogen and oxygen atoms in total. The monoisotopic (exact) mass is 462 g/mol. The van der Waals surface area contributed by atoms with E-state index in [1.54, 1.807) is 0 Å². The smallest absolute Gasteiger partial charge is 0.233 e. The molecule has 6 rings (SSSR count). The molecule has 0 aromatic heterocycles. The molecule has 2 aromatic rings. The second-order valence-electron chi connectivity index (χ2n) is 11.5. The van der Waals surface area contributed by atoms with Gasteiger partial charge in [-0.05, 0) is 53.7 Å². The zero-order valence-electron chi connectivity index (χ0n) is 20.9. The summed E-state index contributed by atoms with van der Waals surface area (Å²) in [6.07, 6.45) is 0. The van der Waals surface area contributed by atoms with Crippen molar-refractivity contribution in [3.05, 3.63) is 59.7 Å². The molecule has 4 aliphatic rings. The number of hydrogen-bond acceptors (Lipinski definition) is 4. The maximum Gasteiger partial charge on any atom is 0.233 e. The molecule has 2 fully saturated rings. The Bertz CT molecular complexity index is 1040. The van der Waals surface area contributed by atoms with E-state index in [0.717, 1.165) is 22.6 Å². The van der Waals surface area contributed by atoms with Gasteiger partial charge in [0.15, 0.2) is 0 Å². The minimum atomic E-state index is -0.117. The predicted molar refractivity (Wildman–Crippen MR) is 130 cm³/mol. The molecule has 0 N–H and O–H groups in total. The molecule has 34 heavy (non-hydrogen) atoms. The number of benzene rings is 2. The van der Waals surface area contributed by atoms with E-state index in [4.69, 9.17) is 9.47 Å². The first-order valence-corrected chi connectivity index (χ1v) is 12.1. The molecule has 0 spiro atoms. The highest BCUT2D eigenvalue weighted by molar-refractivity contribution is 5.93. The van der Waals surface area contributed by atoms with E-state index in [2.05, 4.69) is 41.5 Å². The number of ether oxygens (including phenoxy) is 2. The van der Waals surface area contributed by atoms with Gasteiger partial charge in [0.05, 0.1) is 23.9 Å². The van der Waals surface area contributed by atoms with Crippen LogP contribution in [-0.4, -0.2) is 58.0 Å². The summed E-state index contributed by atoms with van der Waals surface area (Å²) < 4.78 is 11.5. The van der Waals surface area contributed by atoms with Crippen LogP contribution >= 0.6 is 0 Å². The summed E-state index contributed by atoms with van der Waals surface area (Å²) in [5.41, 5.74) is 1.87. The molecule has 0 radical (unpaired) electrons. The van der Waals surface area contributed by atoms with Crippen LogP contribution < -0.4 is 9.47 Å². The van der Waals surface area contributed by atoms with Gasteiger partial charge >= 0.3 is 0 Å². The van der Waals surface area contributed by atoms with Crippen LogP contribution in [0, 0.1) is 0 Å². The van der Waals surface area contributed by atoms with Crippen molar-refractivity contribution in [1.82, 2.24) is 9.80 Å². The summed E-state index contributed by atoms with van der Waals surface area (Å²) in [7, 11) is 0. The van der Waals surface area contributed by atoms with Gasteiger partial charge in [-0.25, -0.2) is 0 Å². The minimum absolute atomic E-state index is 0.0131. The topological polar surface area (TPSA) is 59.1 Å². The molecule has 2 saturated heterocycles. The molecule has 6 heteroatoms. The fraction of sp³-hybridized carbons (Fsp3) is 0.500. The van der Waals surface area contributed by atoms with Crippen molar-refractivity contribution in [2.75, 3.05) is 13.2 Å². The standard InChI is InChI=1S/2C14H17NO2/c2*1-14(2,3)15-10-8-17-11-7-5-4-6-9(11)12(10)13(15)16/h2*4-7,10,12H,8H2,1-3H3/t2*10-,12+/m10/s1. The molecule has 0 unspecified atom stereocenters. The van der Waals surface area contributed by atoms with Crippen LogP contribution in [0.5, 0.6) is 11.5 Å². The largest absolute Gasteiger partial charge is 0.491 e. The molecule has 0 saturated carbocycles. The van der Waals surface area contributed by atoms with Gasteiger partial charge < -0.3 is 19.3 Å². The summed E-state index contributed by atoms with van der Waals surface area (Å²) in [6.45, 7) is 13.7. The van der Waals surface area contributed by atoms with E-state index < -0.39 is 0 Å². The lowest BCUT2D eigenvalue weighted by atomic mass is 9.77. The number of carbonyl (C=O) groups is 2. The van der Waals surface area contributed by atoms with Crippen LogP contribution in [0.4, 0.5) is 0 Å². The number of likely N-dealkylation sites (tertiary alicyclic amines) is 2. The molecule has 0 aliphatic carbocycles. The highest BCUT2D eigenvalue weighted by Crippen LogP contribution is 2.47. The molecule has 2 aromatic carbocycles. The van der Waals surface area contributed by atoms with E-state index in [1.165, 1.54) is 0 Å². The molecule has 4 atom stereocenters. The van der Waals surface area contributed by atoms with Gasteiger partial charge in [-0.1, -0.05) is 36.4 Å². The van der Waals surface area contributed by atoms with Crippen LogP contribution in [0.2, 0.25) is 0 Å². The van der Waals surface area contributed by atoms with Crippen LogP contribution in [0.3, 0.4) is 0 Å². The van der Waals surface area contributed by atoms with Gasteiger partial charge in [-0.2, -0.15) is 0 Å². The van der Waals surface area contributed by atoms with Gasteiger partial charge in [0.25, 0.3) is 0 Å². The van der Waals surface area contributed by atoms with E-state index in [-0.39, 0.29) is 46.8 Å². The lowest BCUT2D eigenvalue weighted by Gasteiger charge is -2.55. The summed E-state index contributed by atoms with van der Waals surface area (Å²) in [5, 5.41) is 0. The number of carbonyl (C=O) groups excluding carboxylic acids is 2. The lowest BCUT2D eigenvalue weighted by molar-refractivity contribution is -0.163. The third-order valence-corrected chi connectivity index (χ3v) is 7.21. The summed E-state index contributed by atoms with van der Waals surface area (Å²) in [6, 6.07) is 16.1. The number of β-lactam (4-membered cyclic amide) rings is 2. The molecule has 4 aliphatic heterocycles. The SMILES string of the molecule is CC(C)(C)N1C(=O)[C@@H]2c3ccccc3OC[C@@H]21.CC(C)(C)N1C(=O)[C@H]2c3ccccc3OC[C@H]21. The van der Waals surface area contributed by atoms with Crippen LogP contribution in [0.15, 0.2) is 48.5 Å². The molecule has 180 valence electrons. The number of para-hydroxylation sites is 2. The Morgan fingerprint density at radius 1 is 0.647 bits per heavy atom. The summed E-state index contributed by atoms with van der Waals surface area (Å²) in [4.78, 5) is 28.5. The third-order valence-electron chi connectivity index (χ3n) is 7.21. The molecular weight excluding hydrogens is 428 g/mol. The number of rotatable bonds is 0. The lowest BCUT2D eigenvalue weighted by Crippen LogP contribution is -2.68. The van der Waals surface area contributed by atoms with Crippen molar-refractivity contribution < 1.29 is 19.1 Å². The third kappa shape index (κ3) is 3.46. The molecule has 0 bridgehead atoms. The fourth-order valence-electron chi connectivity index (χ4n) is 5.86. The highest BCUT2D eigenvalue weighted by atomic mass is 16.5. The Morgan fingerprint density at radius 3 is 1.35 bits per heavy atom. The Morgan fingerprint density at radius 2 is 1.00 bits per heavy atom. The van der Waals surface area contributed by atoms with E-state index in [0.29, 0.717) is 13.2 Å². The zero-order valence-corrected chi connectivity index (χ0v) is 20.9. The second kappa shape index (κ2) is 7.76. The van der Waals surface area contributed by atoms with Gasteiger partial charge in [0.1, 0.15) is 24.7 Å². The van der Waals surface area contributed by atoms with Gasteiger partial charge in [-0.15, -0.1) is 0 Å². The number of amides is 2. The Hall–Kier alpha value is -3.02. The molecular formula is C28H34N2O4. The molecule has 4 heterocycles. The molecule has 2 amide bonds. The van der Waals surface area contributed by atoms with Crippen LogP contribution in [0.1, 0.15) is 64.5 Å². The van der Waals surface area contributed by atoms with Crippen molar-refractivity contribution >= 4 is 11.8 Å². The van der Waals surface area contributed by atoms with Crippen molar-refractivity contribution in [3.8, 4) is 11.5 Å². The second-order valence-corrected chi connectivity index (χ2v) is 11.5. The normalized spacial score (nSPS) is 26.8. The van der Waals surface area contributed by atoms with Crippen LogP contribution in [-0.2, 0) is 9.59 Å². The van der Waals surface area contributed by atoms with E-state index >= 15 is 0 Å².